The number of hydrogen-bond donors (Lipinski definition) is 8. The zero-order chi connectivity index (χ0) is 51.8. The molecule has 10 N–H and O–H groups in total. The molecule has 0 radical (unpaired) electrons. The van der Waals surface area contributed by atoms with Crippen molar-refractivity contribution in [1.82, 2.24) is 21.3 Å². The summed E-state index contributed by atoms with van der Waals surface area (Å²) in [6.45, 7) is 0.619. The zero-order valence-electron chi connectivity index (χ0n) is 40.2. The molecule has 0 bridgehead atoms. The number of rotatable bonds is 26. The third-order valence-electron chi connectivity index (χ3n) is 11.0. The van der Waals surface area contributed by atoms with Crippen LogP contribution in [0.2, 0.25) is 0 Å². The summed E-state index contributed by atoms with van der Waals surface area (Å²) < 4.78 is 26.7. The fraction of sp³-hybridized carbons (Fsp3) is 0.288. The Morgan fingerprint density at radius 3 is 1.33 bits per heavy atom. The van der Waals surface area contributed by atoms with Gasteiger partial charge < -0.3 is 67.1 Å². The van der Waals surface area contributed by atoms with Crippen LogP contribution < -0.4 is 57.6 Å². The Balaban J connectivity index is 1.28. The van der Waals surface area contributed by atoms with Crippen LogP contribution in [0.25, 0.3) is 0 Å². The van der Waals surface area contributed by atoms with Crippen LogP contribution in [0.1, 0.15) is 80.7 Å². The molecule has 0 fully saturated rings. The molecule has 5 rings (SSSR count). The number of amides is 7. The number of carbonyl (C=O) groups is 7. The molecule has 0 heterocycles. The molecule has 72 heavy (non-hydrogen) atoms. The average molecular weight is 989 g/mol. The van der Waals surface area contributed by atoms with Gasteiger partial charge in [-0.15, -0.1) is 0 Å². The maximum Gasteiger partial charge on any atom is 0.407 e. The van der Waals surface area contributed by atoms with Gasteiger partial charge in [-0.3, -0.25) is 24.0 Å². The summed E-state index contributed by atoms with van der Waals surface area (Å²) in [7, 11) is 4.11. The van der Waals surface area contributed by atoms with Gasteiger partial charge in [0.15, 0.2) is 0 Å². The van der Waals surface area contributed by atoms with E-state index in [4.69, 9.17) is 35.2 Å². The van der Waals surface area contributed by atoms with Crippen molar-refractivity contribution in [3.05, 3.63) is 143 Å². The van der Waals surface area contributed by atoms with E-state index in [9.17, 15) is 33.6 Å². The van der Waals surface area contributed by atoms with E-state index in [2.05, 4.69) is 31.9 Å². The molecule has 0 saturated heterocycles. The van der Waals surface area contributed by atoms with Gasteiger partial charge >= 0.3 is 12.2 Å². The van der Waals surface area contributed by atoms with Crippen molar-refractivity contribution in [1.29, 1.82) is 0 Å². The molecule has 0 aromatic heterocycles. The smallest absolute Gasteiger partial charge is 0.407 e. The molecule has 5 aromatic carbocycles. The lowest BCUT2D eigenvalue weighted by Crippen LogP contribution is -2.44. The summed E-state index contributed by atoms with van der Waals surface area (Å²) in [5, 5.41) is 16.4. The predicted octanol–water partition coefficient (Wildman–Crippen LogP) is 6.06. The number of alkyl carbamates (subject to hydrolysis) is 2. The molecule has 0 spiro atoms. The van der Waals surface area contributed by atoms with Gasteiger partial charge in [0.25, 0.3) is 17.7 Å². The SMILES string of the molecule is COc1ccc(NC(=O)[C@H](CCCCNC(=O)OCc2ccccc2)NC(=O)c2cc(NC(=O)[C@H](CCCCNC(=O)OCc3ccccc3)NC(=O)c3cc(N)ccc3OC)ccc2OC)cc1C(N)=O. The third-order valence-corrected chi connectivity index (χ3v) is 11.0. The summed E-state index contributed by atoms with van der Waals surface area (Å²) in [5.41, 5.74) is 13.9. The molecule has 7 amide bonds. The summed E-state index contributed by atoms with van der Waals surface area (Å²) in [6.07, 6.45) is 0.547. The van der Waals surface area contributed by atoms with Crippen LogP contribution in [0.15, 0.2) is 115 Å². The number of nitrogens with two attached hydrogens (primary N) is 2. The number of benzene rings is 5. The largest absolute Gasteiger partial charge is 0.496 e. The first kappa shape index (κ1) is 54.1. The highest BCUT2D eigenvalue weighted by molar-refractivity contribution is 6.06. The van der Waals surface area contributed by atoms with E-state index in [0.717, 1.165) is 11.1 Å². The number of nitrogens with one attached hydrogen (secondary N) is 6. The highest BCUT2D eigenvalue weighted by Gasteiger charge is 2.27. The topological polar surface area (TPSA) is 290 Å². The highest BCUT2D eigenvalue weighted by atomic mass is 16.6. The minimum absolute atomic E-state index is 0.0183. The molecule has 20 heteroatoms. The molecule has 380 valence electrons. The van der Waals surface area contributed by atoms with E-state index < -0.39 is 53.8 Å². The molecule has 0 aliphatic carbocycles. The number of unbranched alkanes of at least 4 members (excludes halogenated alkanes) is 2. The number of nitrogen functional groups attached to an aromatic ring is 1. The van der Waals surface area contributed by atoms with Gasteiger partial charge in [0.05, 0.1) is 38.0 Å². The fourth-order valence-corrected chi connectivity index (χ4v) is 7.19. The molecule has 20 nitrogen and oxygen atoms in total. The third kappa shape index (κ3) is 17.0. The van der Waals surface area contributed by atoms with Crippen molar-refractivity contribution < 1.29 is 57.2 Å². The second-order valence-corrected chi connectivity index (χ2v) is 16.2. The Hall–Kier alpha value is -8.81. The monoisotopic (exact) mass is 988 g/mol. The second-order valence-electron chi connectivity index (χ2n) is 16.2. The summed E-state index contributed by atoms with van der Waals surface area (Å²) in [4.78, 5) is 92.6. The lowest BCUT2D eigenvalue weighted by atomic mass is 10.1. The van der Waals surface area contributed by atoms with E-state index in [-0.39, 0.29) is 84.5 Å². The standard InChI is InChI=1S/C52H60N8O12/c1-68-43-24-21-36(29-38(43)46(54)61)57-49(64)42(19-11-13-27-56-52(67)72-32-34-16-8-5-9-17-34)60-48(63)40-30-37(22-25-45(40)70-3)58-50(65)41(59-47(62)39-28-35(53)20-23-44(39)69-2)18-10-12-26-55-51(66)71-31-33-14-6-4-7-15-33/h4-9,14-17,20-25,28-30,41-42H,10-13,18-19,26-27,31-32,53H2,1-3H3,(H2,54,61)(H,55,66)(H,56,67)(H,57,64)(H,58,65)(H,59,62)(H,60,63)/t41-,42-/m0/s1. The van der Waals surface area contributed by atoms with Crippen LogP contribution in [0, 0.1) is 0 Å². The molecular weight excluding hydrogens is 929 g/mol. The van der Waals surface area contributed by atoms with Gasteiger partial charge in [-0.2, -0.15) is 0 Å². The van der Waals surface area contributed by atoms with Crippen molar-refractivity contribution in [3.8, 4) is 17.2 Å². The highest BCUT2D eigenvalue weighted by Crippen LogP contribution is 2.26. The van der Waals surface area contributed by atoms with Crippen LogP contribution in [0.5, 0.6) is 17.2 Å². The van der Waals surface area contributed by atoms with Crippen molar-refractivity contribution >= 4 is 58.8 Å². The maximum absolute atomic E-state index is 14.2. The normalized spacial score (nSPS) is 11.4. The molecule has 0 aliphatic rings. The van der Waals surface area contributed by atoms with Gasteiger partial charge in [-0.1, -0.05) is 60.7 Å². The fourth-order valence-electron chi connectivity index (χ4n) is 7.19. The van der Waals surface area contributed by atoms with Crippen molar-refractivity contribution in [2.75, 3.05) is 50.8 Å². The first-order valence-electron chi connectivity index (χ1n) is 23.0. The van der Waals surface area contributed by atoms with E-state index >= 15 is 0 Å². The molecule has 0 unspecified atom stereocenters. The molecule has 2 atom stereocenters. The van der Waals surface area contributed by atoms with Crippen LogP contribution in [-0.4, -0.2) is 88.2 Å². The maximum atomic E-state index is 14.2. The van der Waals surface area contributed by atoms with Crippen LogP contribution in [0.4, 0.5) is 26.7 Å². The number of hydrogen-bond acceptors (Lipinski definition) is 13. The van der Waals surface area contributed by atoms with Gasteiger partial charge in [-0.25, -0.2) is 9.59 Å². The summed E-state index contributed by atoms with van der Waals surface area (Å²) in [5.74, 6) is -2.92. The van der Waals surface area contributed by atoms with Crippen LogP contribution in [-0.2, 0) is 32.3 Å². The van der Waals surface area contributed by atoms with Crippen molar-refractivity contribution in [2.45, 2.75) is 63.8 Å². The van der Waals surface area contributed by atoms with Gasteiger partial charge in [0, 0.05) is 30.2 Å². The Morgan fingerprint density at radius 2 is 0.903 bits per heavy atom. The first-order chi connectivity index (χ1) is 34.8. The second kappa shape index (κ2) is 28.0. The zero-order valence-corrected chi connectivity index (χ0v) is 40.2. The van der Waals surface area contributed by atoms with Gasteiger partial charge in [0.1, 0.15) is 42.5 Å². The molecule has 5 aromatic rings. The number of methoxy groups -OCH3 is 3. The van der Waals surface area contributed by atoms with E-state index in [1.54, 1.807) is 6.07 Å². The Labute approximate surface area is 416 Å². The quantitative estimate of drug-likeness (QED) is 0.0231. The van der Waals surface area contributed by atoms with Crippen molar-refractivity contribution in [3.63, 3.8) is 0 Å². The lowest BCUT2D eigenvalue weighted by Gasteiger charge is -2.21. The molecular formula is C52H60N8O12. The predicted molar refractivity (Wildman–Crippen MR) is 269 cm³/mol. The number of primary amides is 1. The van der Waals surface area contributed by atoms with E-state index in [0.29, 0.717) is 31.4 Å². The number of ether oxygens (including phenoxy) is 5. The van der Waals surface area contributed by atoms with Crippen molar-refractivity contribution in [2.24, 2.45) is 5.73 Å². The Kier molecular flexibility index (Phi) is 21.1. The van der Waals surface area contributed by atoms with Crippen LogP contribution in [0.3, 0.4) is 0 Å². The molecule has 0 aliphatic heterocycles. The average Bonchev–Trinajstić information content (AvgIpc) is 3.39. The van der Waals surface area contributed by atoms with E-state index in [1.165, 1.54) is 69.9 Å². The summed E-state index contributed by atoms with van der Waals surface area (Å²) in [6, 6.07) is 29.2. The van der Waals surface area contributed by atoms with Crippen LogP contribution >= 0.6 is 0 Å². The lowest BCUT2D eigenvalue weighted by molar-refractivity contribution is -0.118. The minimum Gasteiger partial charge on any atom is -0.496 e. The van der Waals surface area contributed by atoms with Gasteiger partial charge in [-0.05, 0) is 104 Å². The minimum atomic E-state index is -1.17. The van der Waals surface area contributed by atoms with Gasteiger partial charge in [0.2, 0.25) is 11.8 Å². The Bertz CT molecular complexity index is 2650. The first-order valence-corrected chi connectivity index (χ1v) is 23.0. The molecule has 0 saturated carbocycles. The summed E-state index contributed by atoms with van der Waals surface area (Å²) >= 11 is 0. The number of carbonyl (C=O) groups excluding carboxylic acids is 7. The van der Waals surface area contributed by atoms with E-state index in [1.807, 2.05) is 60.7 Å². The number of anilines is 3. The Morgan fingerprint density at radius 1 is 0.500 bits per heavy atom.